The van der Waals surface area contributed by atoms with Gasteiger partial charge in [-0.3, -0.25) is 9.69 Å². The molecular weight excluding hydrogens is 278 g/mol. The van der Waals surface area contributed by atoms with Gasteiger partial charge in [0.25, 0.3) is 0 Å². The summed E-state index contributed by atoms with van der Waals surface area (Å²) < 4.78 is 5.14. The lowest BCUT2D eigenvalue weighted by molar-refractivity contribution is -0.145. The van der Waals surface area contributed by atoms with Crippen molar-refractivity contribution >= 4 is 17.6 Å². The second-order valence-corrected chi connectivity index (χ2v) is 5.67. The number of likely N-dealkylation sites (tertiary alicyclic amines) is 1. The van der Waals surface area contributed by atoms with Crippen LogP contribution < -0.4 is 4.74 Å². The number of hydrogen-bond donors (Lipinski definition) is 1. The number of nitrogens with zero attached hydrogens (tertiary/aromatic N) is 1. The minimum Gasteiger partial charge on any atom is -0.495 e. The van der Waals surface area contributed by atoms with E-state index in [1.807, 2.05) is 25.1 Å². The van der Waals surface area contributed by atoms with Crippen LogP contribution in [0.4, 0.5) is 0 Å². The number of carboxylic acid groups (broad SMARTS) is 1. The molecule has 1 heterocycles. The van der Waals surface area contributed by atoms with Crippen molar-refractivity contribution in [3.63, 3.8) is 0 Å². The fourth-order valence-corrected chi connectivity index (χ4v) is 3.09. The van der Waals surface area contributed by atoms with Crippen LogP contribution in [0.5, 0.6) is 5.75 Å². The largest absolute Gasteiger partial charge is 0.495 e. The zero-order valence-corrected chi connectivity index (χ0v) is 12.6. The SMILES string of the molecule is COc1ccc(CN2CCC[C@H](C(=O)O)[C@@H]2C)cc1Cl. The van der Waals surface area contributed by atoms with Gasteiger partial charge in [0.05, 0.1) is 18.1 Å². The first-order valence-electron chi connectivity index (χ1n) is 6.82. The van der Waals surface area contributed by atoms with Crippen molar-refractivity contribution in [2.24, 2.45) is 5.92 Å². The summed E-state index contributed by atoms with van der Waals surface area (Å²) in [6, 6.07) is 5.75. The highest BCUT2D eigenvalue weighted by molar-refractivity contribution is 6.32. The number of benzene rings is 1. The number of piperidine rings is 1. The molecule has 0 spiro atoms. The Hall–Kier alpha value is -1.26. The van der Waals surface area contributed by atoms with E-state index in [0.717, 1.165) is 24.9 Å². The zero-order valence-electron chi connectivity index (χ0n) is 11.8. The quantitative estimate of drug-likeness (QED) is 0.928. The van der Waals surface area contributed by atoms with E-state index in [1.165, 1.54) is 0 Å². The fourth-order valence-electron chi connectivity index (χ4n) is 2.81. The summed E-state index contributed by atoms with van der Waals surface area (Å²) in [5.74, 6) is -0.321. The Balaban J connectivity index is 2.09. The molecule has 0 aliphatic carbocycles. The molecule has 0 radical (unpaired) electrons. The number of ether oxygens (including phenoxy) is 1. The summed E-state index contributed by atoms with van der Waals surface area (Å²) in [5, 5.41) is 9.83. The average molecular weight is 298 g/mol. The zero-order chi connectivity index (χ0) is 14.7. The highest BCUT2D eigenvalue weighted by Crippen LogP contribution is 2.28. The summed E-state index contributed by atoms with van der Waals surface area (Å²) in [7, 11) is 1.59. The van der Waals surface area contributed by atoms with E-state index in [9.17, 15) is 9.90 Å². The van der Waals surface area contributed by atoms with Gasteiger partial charge in [-0.05, 0) is 44.0 Å². The van der Waals surface area contributed by atoms with Crippen LogP contribution in [0, 0.1) is 5.92 Å². The molecule has 0 saturated carbocycles. The van der Waals surface area contributed by atoms with Gasteiger partial charge in [0.2, 0.25) is 0 Å². The molecule has 0 bridgehead atoms. The van der Waals surface area contributed by atoms with Crippen molar-refractivity contribution in [1.29, 1.82) is 0 Å². The molecule has 110 valence electrons. The molecule has 2 rings (SSSR count). The standard InChI is InChI=1S/C15H20ClNO3/c1-10-12(15(18)19)4-3-7-17(10)9-11-5-6-14(20-2)13(16)8-11/h5-6,8,10,12H,3-4,7,9H2,1-2H3,(H,18,19)/t10-,12-/m0/s1. The molecule has 1 saturated heterocycles. The Morgan fingerprint density at radius 3 is 2.90 bits per heavy atom. The van der Waals surface area contributed by atoms with E-state index < -0.39 is 5.97 Å². The summed E-state index contributed by atoms with van der Waals surface area (Å²) in [6.07, 6.45) is 1.68. The van der Waals surface area contributed by atoms with Crippen LogP contribution in [0.2, 0.25) is 5.02 Å². The van der Waals surface area contributed by atoms with Crippen LogP contribution in [-0.2, 0) is 11.3 Å². The van der Waals surface area contributed by atoms with Gasteiger partial charge >= 0.3 is 5.97 Å². The van der Waals surface area contributed by atoms with Crippen molar-refractivity contribution in [3.8, 4) is 5.75 Å². The van der Waals surface area contributed by atoms with Crippen molar-refractivity contribution in [1.82, 2.24) is 4.90 Å². The van der Waals surface area contributed by atoms with Crippen LogP contribution in [0.15, 0.2) is 18.2 Å². The topological polar surface area (TPSA) is 49.8 Å². The van der Waals surface area contributed by atoms with E-state index in [-0.39, 0.29) is 12.0 Å². The first-order chi connectivity index (χ1) is 9.52. The number of halogens is 1. The summed E-state index contributed by atoms with van der Waals surface area (Å²) in [4.78, 5) is 13.4. The Labute approximate surface area is 124 Å². The third-order valence-electron chi connectivity index (χ3n) is 4.04. The molecule has 20 heavy (non-hydrogen) atoms. The van der Waals surface area contributed by atoms with Crippen molar-refractivity contribution in [3.05, 3.63) is 28.8 Å². The maximum atomic E-state index is 11.2. The molecule has 0 amide bonds. The van der Waals surface area contributed by atoms with Gasteiger partial charge in [-0.25, -0.2) is 0 Å². The summed E-state index contributed by atoms with van der Waals surface area (Å²) in [5.41, 5.74) is 1.08. The first kappa shape index (κ1) is 15.1. The van der Waals surface area contributed by atoms with E-state index in [1.54, 1.807) is 7.11 Å². The molecule has 1 fully saturated rings. The average Bonchev–Trinajstić information content (AvgIpc) is 2.41. The monoisotopic (exact) mass is 297 g/mol. The number of aliphatic carboxylic acids is 1. The molecule has 1 aromatic rings. The summed E-state index contributed by atoms with van der Waals surface area (Å²) in [6.45, 7) is 3.63. The highest BCUT2D eigenvalue weighted by atomic mass is 35.5. The lowest BCUT2D eigenvalue weighted by Gasteiger charge is -2.37. The van der Waals surface area contributed by atoms with Gasteiger partial charge in [0.1, 0.15) is 5.75 Å². The molecule has 5 heteroatoms. The maximum Gasteiger partial charge on any atom is 0.308 e. The first-order valence-corrected chi connectivity index (χ1v) is 7.20. The Bertz CT molecular complexity index is 492. The predicted octanol–water partition coefficient (Wildman–Crippen LogP) is 3.03. The second kappa shape index (κ2) is 6.46. The van der Waals surface area contributed by atoms with Crippen LogP contribution >= 0.6 is 11.6 Å². The molecule has 1 aromatic carbocycles. The normalized spacial score (nSPS) is 23.6. The van der Waals surface area contributed by atoms with Crippen molar-refractivity contribution in [2.75, 3.05) is 13.7 Å². The Kier molecular flexibility index (Phi) is 4.89. The van der Waals surface area contributed by atoms with Crippen molar-refractivity contribution < 1.29 is 14.6 Å². The molecule has 0 unspecified atom stereocenters. The third-order valence-corrected chi connectivity index (χ3v) is 4.33. The second-order valence-electron chi connectivity index (χ2n) is 5.27. The molecule has 4 nitrogen and oxygen atoms in total. The maximum absolute atomic E-state index is 11.2. The third kappa shape index (κ3) is 3.25. The lowest BCUT2D eigenvalue weighted by atomic mass is 9.90. The minimum absolute atomic E-state index is 0.0436. The smallest absolute Gasteiger partial charge is 0.308 e. The van der Waals surface area contributed by atoms with Gasteiger partial charge in [0, 0.05) is 12.6 Å². The van der Waals surface area contributed by atoms with Crippen molar-refractivity contribution in [2.45, 2.75) is 32.4 Å². The predicted molar refractivity (Wildman–Crippen MR) is 78.2 cm³/mol. The molecule has 1 N–H and O–H groups in total. The van der Waals surface area contributed by atoms with E-state index in [0.29, 0.717) is 17.3 Å². The summed E-state index contributed by atoms with van der Waals surface area (Å²) >= 11 is 6.13. The number of hydrogen-bond acceptors (Lipinski definition) is 3. The van der Waals surface area contributed by atoms with Gasteiger partial charge in [0.15, 0.2) is 0 Å². The van der Waals surface area contributed by atoms with Crippen LogP contribution in [-0.4, -0.2) is 35.7 Å². The number of methoxy groups -OCH3 is 1. The lowest BCUT2D eigenvalue weighted by Crippen LogP contribution is -2.45. The minimum atomic E-state index is -0.699. The van der Waals surface area contributed by atoms with E-state index in [4.69, 9.17) is 16.3 Å². The van der Waals surface area contributed by atoms with E-state index in [2.05, 4.69) is 4.90 Å². The number of rotatable bonds is 4. The molecule has 2 atom stereocenters. The van der Waals surface area contributed by atoms with Crippen LogP contribution in [0.3, 0.4) is 0 Å². The van der Waals surface area contributed by atoms with Gasteiger partial charge in [-0.2, -0.15) is 0 Å². The molecule has 1 aliphatic rings. The highest BCUT2D eigenvalue weighted by Gasteiger charge is 2.32. The molecular formula is C15H20ClNO3. The number of carboxylic acids is 1. The molecule has 1 aliphatic heterocycles. The Morgan fingerprint density at radius 2 is 2.30 bits per heavy atom. The van der Waals surface area contributed by atoms with E-state index >= 15 is 0 Å². The van der Waals surface area contributed by atoms with Gasteiger partial charge < -0.3 is 9.84 Å². The van der Waals surface area contributed by atoms with Gasteiger partial charge in [-0.1, -0.05) is 17.7 Å². The fraction of sp³-hybridized carbons (Fsp3) is 0.533. The van der Waals surface area contributed by atoms with Crippen LogP contribution in [0.25, 0.3) is 0 Å². The Morgan fingerprint density at radius 1 is 1.55 bits per heavy atom. The number of carbonyl (C=O) groups is 1. The van der Waals surface area contributed by atoms with Gasteiger partial charge in [-0.15, -0.1) is 0 Å². The molecule has 0 aromatic heterocycles. The van der Waals surface area contributed by atoms with Crippen LogP contribution in [0.1, 0.15) is 25.3 Å².